The van der Waals surface area contributed by atoms with Crippen molar-refractivity contribution in [2.75, 3.05) is 11.9 Å². The van der Waals surface area contributed by atoms with Crippen LogP contribution < -0.4 is 10.6 Å². The summed E-state index contributed by atoms with van der Waals surface area (Å²) < 4.78 is 1.46. The molecule has 16 heavy (non-hydrogen) atoms. The molecular formula is C9H17N5O2. The van der Waals surface area contributed by atoms with Crippen LogP contribution in [0.3, 0.4) is 0 Å². The summed E-state index contributed by atoms with van der Waals surface area (Å²) in [7, 11) is 1.68. The minimum Gasteiger partial charge on any atom is -0.393 e. The van der Waals surface area contributed by atoms with Crippen LogP contribution in [0.4, 0.5) is 10.7 Å². The minimum absolute atomic E-state index is 0.348. The lowest BCUT2D eigenvalue weighted by molar-refractivity contribution is 0.160. The molecule has 2 amide bonds. The largest absolute Gasteiger partial charge is 0.393 e. The molecule has 0 aliphatic carbocycles. The fourth-order valence-corrected chi connectivity index (χ4v) is 1.11. The van der Waals surface area contributed by atoms with E-state index in [0.29, 0.717) is 25.3 Å². The van der Waals surface area contributed by atoms with E-state index in [1.807, 2.05) is 6.92 Å². The predicted octanol–water partition coefficient (Wildman–Crippen LogP) is 0.0976. The minimum atomic E-state index is -0.366. The van der Waals surface area contributed by atoms with Gasteiger partial charge in [0.15, 0.2) is 0 Å². The number of anilines is 1. The molecule has 1 aromatic heterocycles. The van der Waals surface area contributed by atoms with Gasteiger partial charge >= 0.3 is 6.03 Å². The van der Waals surface area contributed by atoms with Crippen LogP contribution in [0, 0.1) is 0 Å². The zero-order valence-corrected chi connectivity index (χ0v) is 9.47. The molecule has 0 saturated carbocycles. The van der Waals surface area contributed by atoms with E-state index in [0.717, 1.165) is 0 Å². The molecule has 0 fully saturated rings. The standard InChI is InChI=1S/C9H17N5O2/c1-3-7(15)4-5-10-9(16)13-8-11-6-12-14(8)2/h6-7,15H,3-5H2,1-2H3,(H2,10,11,12,13,16). The molecule has 90 valence electrons. The van der Waals surface area contributed by atoms with Crippen molar-refractivity contribution in [2.24, 2.45) is 7.05 Å². The molecule has 0 radical (unpaired) electrons. The van der Waals surface area contributed by atoms with Gasteiger partial charge in [0.05, 0.1) is 6.10 Å². The van der Waals surface area contributed by atoms with Crippen molar-refractivity contribution >= 4 is 12.0 Å². The molecule has 0 aromatic carbocycles. The first kappa shape index (κ1) is 12.4. The SMILES string of the molecule is CCC(O)CCNC(=O)Nc1ncnn1C. The quantitative estimate of drug-likeness (QED) is 0.665. The highest BCUT2D eigenvalue weighted by Crippen LogP contribution is 1.97. The van der Waals surface area contributed by atoms with Crippen molar-refractivity contribution in [1.29, 1.82) is 0 Å². The summed E-state index contributed by atoms with van der Waals surface area (Å²) in [5.41, 5.74) is 0. The smallest absolute Gasteiger partial charge is 0.321 e. The number of rotatable bonds is 5. The second-order valence-electron chi connectivity index (χ2n) is 3.44. The molecule has 1 atom stereocenters. The lowest BCUT2D eigenvalue weighted by atomic mass is 10.2. The number of aliphatic hydroxyl groups is 1. The van der Waals surface area contributed by atoms with Gasteiger partial charge < -0.3 is 10.4 Å². The third-order valence-corrected chi connectivity index (χ3v) is 2.17. The van der Waals surface area contributed by atoms with Gasteiger partial charge in [0.25, 0.3) is 0 Å². The van der Waals surface area contributed by atoms with Gasteiger partial charge in [-0.15, -0.1) is 0 Å². The number of amides is 2. The normalized spacial score (nSPS) is 12.2. The summed E-state index contributed by atoms with van der Waals surface area (Å²) in [6.45, 7) is 2.32. The number of carbonyl (C=O) groups excluding carboxylic acids is 1. The first-order valence-electron chi connectivity index (χ1n) is 5.20. The molecule has 7 nitrogen and oxygen atoms in total. The maximum Gasteiger partial charge on any atom is 0.321 e. The Morgan fingerprint density at radius 1 is 1.69 bits per heavy atom. The van der Waals surface area contributed by atoms with Gasteiger partial charge in [-0.05, 0) is 12.8 Å². The Morgan fingerprint density at radius 2 is 2.44 bits per heavy atom. The van der Waals surface area contributed by atoms with Crippen LogP contribution in [-0.4, -0.2) is 38.6 Å². The number of carbonyl (C=O) groups is 1. The number of aromatic nitrogens is 3. The first-order valence-corrected chi connectivity index (χ1v) is 5.20. The van der Waals surface area contributed by atoms with Crippen molar-refractivity contribution in [1.82, 2.24) is 20.1 Å². The summed E-state index contributed by atoms with van der Waals surface area (Å²) in [6, 6.07) is -0.348. The number of aryl methyl sites for hydroxylation is 1. The van der Waals surface area contributed by atoms with Gasteiger partial charge in [-0.3, -0.25) is 5.32 Å². The van der Waals surface area contributed by atoms with Gasteiger partial charge in [-0.2, -0.15) is 10.1 Å². The molecule has 0 aliphatic heterocycles. The van der Waals surface area contributed by atoms with Gasteiger partial charge in [-0.25, -0.2) is 9.48 Å². The van der Waals surface area contributed by atoms with Gasteiger partial charge in [-0.1, -0.05) is 6.92 Å². The van der Waals surface area contributed by atoms with Gasteiger partial charge in [0, 0.05) is 13.6 Å². The van der Waals surface area contributed by atoms with E-state index in [2.05, 4.69) is 20.7 Å². The van der Waals surface area contributed by atoms with E-state index in [1.165, 1.54) is 11.0 Å². The highest BCUT2D eigenvalue weighted by Gasteiger charge is 2.06. The van der Waals surface area contributed by atoms with Crippen LogP contribution in [0.5, 0.6) is 0 Å². The third-order valence-electron chi connectivity index (χ3n) is 2.17. The highest BCUT2D eigenvalue weighted by atomic mass is 16.3. The zero-order chi connectivity index (χ0) is 12.0. The van der Waals surface area contributed by atoms with Crippen LogP contribution in [0.2, 0.25) is 0 Å². The maximum absolute atomic E-state index is 11.3. The summed E-state index contributed by atoms with van der Waals surface area (Å²) in [5.74, 6) is 0.383. The number of nitrogens with zero attached hydrogens (tertiary/aromatic N) is 3. The van der Waals surface area contributed by atoms with Crippen molar-refractivity contribution in [3.63, 3.8) is 0 Å². The van der Waals surface area contributed by atoms with Crippen molar-refractivity contribution in [3.05, 3.63) is 6.33 Å². The number of urea groups is 1. The molecule has 0 aliphatic rings. The molecule has 0 bridgehead atoms. The summed E-state index contributed by atoms with van der Waals surface area (Å²) in [4.78, 5) is 15.2. The van der Waals surface area contributed by atoms with E-state index < -0.39 is 0 Å². The second kappa shape index (κ2) is 6.06. The average molecular weight is 227 g/mol. The molecule has 0 spiro atoms. The number of nitrogens with one attached hydrogen (secondary N) is 2. The van der Waals surface area contributed by atoms with E-state index in [9.17, 15) is 9.90 Å². The highest BCUT2D eigenvalue weighted by molar-refractivity contribution is 5.87. The molecule has 1 heterocycles. The monoisotopic (exact) mass is 227 g/mol. The van der Waals surface area contributed by atoms with E-state index in [-0.39, 0.29) is 12.1 Å². The van der Waals surface area contributed by atoms with Crippen molar-refractivity contribution in [3.8, 4) is 0 Å². The van der Waals surface area contributed by atoms with Crippen molar-refractivity contribution in [2.45, 2.75) is 25.9 Å². The van der Waals surface area contributed by atoms with Gasteiger partial charge in [0.1, 0.15) is 6.33 Å². The molecule has 1 aromatic rings. The van der Waals surface area contributed by atoms with Crippen LogP contribution >= 0.6 is 0 Å². The molecular weight excluding hydrogens is 210 g/mol. The molecule has 3 N–H and O–H groups in total. The molecule has 1 rings (SSSR count). The third kappa shape index (κ3) is 3.85. The lowest BCUT2D eigenvalue weighted by Gasteiger charge is -2.09. The Hall–Kier alpha value is -1.63. The van der Waals surface area contributed by atoms with Gasteiger partial charge in [0.2, 0.25) is 5.95 Å². The van der Waals surface area contributed by atoms with E-state index in [4.69, 9.17) is 0 Å². The topological polar surface area (TPSA) is 92.1 Å². The maximum atomic E-state index is 11.3. The Labute approximate surface area is 93.9 Å². The fraction of sp³-hybridized carbons (Fsp3) is 0.667. The molecule has 1 unspecified atom stereocenters. The fourth-order valence-electron chi connectivity index (χ4n) is 1.11. The Kier molecular flexibility index (Phi) is 4.71. The van der Waals surface area contributed by atoms with Crippen LogP contribution in [0.25, 0.3) is 0 Å². The first-order chi connectivity index (χ1) is 7.63. The number of hydrogen-bond acceptors (Lipinski definition) is 4. The molecule has 0 saturated heterocycles. The van der Waals surface area contributed by atoms with Crippen LogP contribution in [0.1, 0.15) is 19.8 Å². The predicted molar refractivity (Wildman–Crippen MR) is 58.9 cm³/mol. The Morgan fingerprint density at radius 3 is 3.00 bits per heavy atom. The second-order valence-corrected chi connectivity index (χ2v) is 3.44. The summed E-state index contributed by atoms with van der Waals surface area (Å²) in [6.07, 6.45) is 2.22. The van der Waals surface area contributed by atoms with Crippen molar-refractivity contribution < 1.29 is 9.90 Å². The lowest BCUT2D eigenvalue weighted by Crippen LogP contribution is -2.32. The van der Waals surface area contributed by atoms with E-state index >= 15 is 0 Å². The Balaban J connectivity index is 2.24. The van der Waals surface area contributed by atoms with Crippen LogP contribution in [0.15, 0.2) is 6.33 Å². The average Bonchev–Trinajstić information content (AvgIpc) is 2.64. The van der Waals surface area contributed by atoms with Crippen LogP contribution in [-0.2, 0) is 7.05 Å². The summed E-state index contributed by atoms with van der Waals surface area (Å²) in [5, 5.41) is 18.2. The zero-order valence-electron chi connectivity index (χ0n) is 9.47. The molecule has 7 heteroatoms. The summed E-state index contributed by atoms with van der Waals surface area (Å²) >= 11 is 0. The number of aliphatic hydroxyl groups excluding tert-OH is 1. The van der Waals surface area contributed by atoms with E-state index in [1.54, 1.807) is 7.05 Å². The Bertz CT molecular complexity index is 338. The number of hydrogen-bond donors (Lipinski definition) is 3.